The Kier molecular flexibility index (Phi) is 5.43. The van der Waals surface area contributed by atoms with Crippen molar-refractivity contribution in [1.82, 2.24) is 0 Å². The predicted molar refractivity (Wildman–Crippen MR) is 80.5 cm³/mol. The first-order valence-electron chi connectivity index (χ1n) is 6.23. The van der Waals surface area contributed by atoms with Crippen LogP contribution in [0.5, 0.6) is 5.75 Å². The fourth-order valence-electron chi connectivity index (χ4n) is 1.80. The first-order valence-corrected chi connectivity index (χ1v) is 7.03. The number of hydrogen-bond acceptors (Lipinski definition) is 2. The highest BCUT2D eigenvalue weighted by atomic mass is 79.9. The minimum Gasteiger partial charge on any atom is -0.497 e. The van der Waals surface area contributed by atoms with Crippen LogP contribution in [0.25, 0.3) is 0 Å². The number of rotatable bonds is 6. The van der Waals surface area contributed by atoms with Crippen LogP contribution in [-0.2, 0) is 17.8 Å². The summed E-state index contributed by atoms with van der Waals surface area (Å²) >= 11 is 3.54. The average molecular weight is 321 g/mol. The highest BCUT2D eigenvalue weighted by molar-refractivity contribution is 9.10. The van der Waals surface area contributed by atoms with Gasteiger partial charge in [-0.05, 0) is 35.7 Å². The Hall–Kier alpha value is -1.32. The molecule has 2 aromatic rings. The highest BCUT2D eigenvalue weighted by Crippen LogP contribution is 2.16. The molecule has 0 amide bonds. The summed E-state index contributed by atoms with van der Waals surface area (Å²) in [4.78, 5) is 0. The Morgan fingerprint density at radius 2 is 1.74 bits per heavy atom. The minimum atomic E-state index is 0.633. The Morgan fingerprint density at radius 3 is 2.42 bits per heavy atom. The smallest absolute Gasteiger partial charge is 0.118 e. The lowest BCUT2D eigenvalue weighted by Gasteiger charge is -2.07. The molecule has 0 spiro atoms. The van der Waals surface area contributed by atoms with Crippen molar-refractivity contribution in [2.75, 3.05) is 13.7 Å². The van der Waals surface area contributed by atoms with Gasteiger partial charge in [-0.25, -0.2) is 0 Å². The van der Waals surface area contributed by atoms with Gasteiger partial charge in [0.2, 0.25) is 0 Å². The summed E-state index contributed by atoms with van der Waals surface area (Å²) in [5, 5.41) is 0. The van der Waals surface area contributed by atoms with E-state index in [1.807, 2.05) is 36.4 Å². The summed E-state index contributed by atoms with van der Waals surface area (Å²) in [5.74, 6) is 0.872. The molecule has 0 unspecified atom stereocenters. The molecule has 0 aliphatic heterocycles. The molecule has 0 atom stereocenters. The van der Waals surface area contributed by atoms with Gasteiger partial charge in [0.15, 0.2) is 0 Å². The van der Waals surface area contributed by atoms with Crippen molar-refractivity contribution in [3.63, 3.8) is 0 Å². The predicted octanol–water partition coefficient (Wildman–Crippen LogP) is 4.22. The van der Waals surface area contributed by atoms with Crippen LogP contribution in [0.4, 0.5) is 0 Å². The van der Waals surface area contributed by atoms with E-state index in [1.54, 1.807) is 7.11 Å². The third-order valence-electron chi connectivity index (χ3n) is 2.90. The molecule has 2 rings (SSSR count). The average Bonchev–Trinajstić information content (AvgIpc) is 2.46. The second kappa shape index (κ2) is 7.31. The van der Waals surface area contributed by atoms with Crippen LogP contribution in [-0.4, -0.2) is 13.7 Å². The number of hydrogen-bond donors (Lipinski definition) is 0. The fraction of sp³-hybridized carbons (Fsp3) is 0.250. The Balaban J connectivity index is 1.76. The van der Waals surface area contributed by atoms with Gasteiger partial charge < -0.3 is 9.47 Å². The van der Waals surface area contributed by atoms with E-state index >= 15 is 0 Å². The maximum Gasteiger partial charge on any atom is 0.118 e. The van der Waals surface area contributed by atoms with Crippen molar-refractivity contribution >= 4 is 15.9 Å². The minimum absolute atomic E-state index is 0.633. The molecule has 0 aliphatic carbocycles. The molecular weight excluding hydrogens is 304 g/mol. The molecule has 19 heavy (non-hydrogen) atoms. The number of methoxy groups -OCH3 is 1. The van der Waals surface area contributed by atoms with Crippen molar-refractivity contribution in [3.8, 4) is 5.75 Å². The summed E-state index contributed by atoms with van der Waals surface area (Å²) in [6, 6.07) is 16.2. The van der Waals surface area contributed by atoms with Crippen molar-refractivity contribution in [2.24, 2.45) is 0 Å². The molecule has 0 saturated heterocycles. The van der Waals surface area contributed by atoms with E-state index in [0.29, 0.717) is 13.2 Å². The first kappa shape index (κ1) is 14.1. The quantitative estimate of drug-likeness (QED) is 0.742. The molecule has 3 heteroatoms. The van der Waals surface area contributed by atoms with Gasteiger partial charge in [-0.2, -0.15) is 0 Å². The molecule has 0 radical (unpaired) electrons. The van der Waals surface area contributed by atoms with Crippen LogP contribution in [0.3, 0.4) is 0 Å². The van der Waals surface area contributed by atoms with Crippen LogP contribution in [0.2, 0.25) is 0 Å². The van der Waals surface area contributed by atoms with Gasteiger partial charge >= 0.3 is 0 Å². The SMILES string of the molecule is COc1ccc(COCCc2ccccc2Br)cc1. The third-order valence-corrected chi connectivity index (χ3v) is 3.67. The zero-order chi connectivity index (χ0) is 13.5. The number of ether oxygens (including phenoxy) is 2. The fourth-order valence-corrected chi connectivity index (χ4v) is 2.28. The topological polar surface area (TPSA) is 18.5 Å². The monoisotopic (exact) mass is 320 g/mol. The number of benzene rings is 2. The molecule has 0 heterocycles. The van der Waals surface area contributed by atoms with E-state index < -0.39 is 0 Å². The van der Waals surface area contributed by atoms with Gasteiger partial charge in [0.05, 0.1) is 20.3 Å². The standard InChI is InChI=1S/C16H17BrO2/c1-18-15-8-6-13(7-9-15)12-19-11-10-14-4-2-3-5-16(14)17/h2-9H,10-12H2,1H3. The van der Waals surface area contributed by atoms with Crippen LogP contribution >= 0.6 is 15.9 Å². The van der Waals surface area contributed by atoms with E-state index in [-0.39, 0.29) is 0 Å². The van der Waals surface area contributed by atoms with E-state index in [0.717, 1.165) is 22.2 Å². The molecule has 0 bridgehead atoms. The van der Waals surface area contributed by atoms with E-state index in [4.69, 9.17) is 9.47 Å². The van der Waals surface area contributed by atoms with Crippen LogP contribution < -0.4 is 4.74 Å². The van der Waals surface area contributed by atoms with Crippen molar-refractivity contribution in [3.05, 3.63) is 64.1 Å². The molecule has 0 aromatic heterocycles. The van der Waals surface area contributed by atoms with Gasteiger partial charge in [-0.3, -0.25) is 0 Å². The van der Waals surface area contributed by atoms with Crippen LogP contribution in [0.1, 0.15) is 11.1 Å². The maximum absolute atomic E-state index is 5.69. The highest BCUT2D eigenvalue weighted by Gasteiger charge is 1.99. The van der Waals surface area contributed by atoms with Gasteiger partial charge in [-0.1, -0.05) is 46.3 Å². The van der Waals surface area contributed by atoms with Gasteiger partial charge in [0.25, 0.3) is 0 Å². The van der Waals surface area contributed by atoms with Crippen molar-refractivity contribution in [1.29, 1.82) is 0 Å². The maximum atomic E-state index is 5.69. The molecular formula is C16H17BrO2. The summed E-state index contributed by atoms with van der Waals surface area (Å²) in [5.41, 5.74) is 2.44. The van der Waals surface area contributed by atoms with E-state index in [2.05, 4.69) is 28.1 Å². The van der Waals surface area contributed by atoms with Crippen LogP contribution in [0.15, 0.2) is 53.0 Å². The summed E-state index contributed by atoms with van der Waals surface area (Å²) in [7, 11) is 1.67. The Labute approximate surface area is 122 Å². The summed E-state index contributed by atoms with van der Waals surface area (Å²) in [6.45, 7) is 1.35. The Morgan fingerprint density at radius 1 is 1.00 bits per heavy atom. The molecule has 0 N–H and O–H groups in total. The molecule has 100 valence electrons. The molecule has 2 nitrogen and oxygen atoms in total. The lowest BCUT2D eigenvalue weighted by atomic mass is 10.2. The second-order valence-corrected chi connectivity index (χ2v) is 5.10. The van der Waals surface area contributed by atoms with Crippen molar-refractivity contribution in [2.45, 2.75) is 13.0 Å². The van der Waals surface area contributed by atoms with E-state index in [9.17, 15) is 0 Å². The van der Waals surface area contributed by atoms with Crippen molar-refractivity contribution < 1.29 is 9.47 Å². The third kappa shape index (κ3) is 4.37. The Bertz CT molecular complexity index is 508. The van der Waals surface area contributed by atoms with E-state index in [1.165, 1.54) is 5.56 Å². The molecule has 2 aromatic carbocycles. The van der Waals surface area contributed by atoms with Gasteiger partial charge in [0, 0.05) is 4.47 Å². The zero-order valence-electron chi connectivity index (χ0n) is 10.9. The van der Waals surface area contributed by atoms with Crippen LogP contribution in [0, 0.1) is 0 Å². The number of halogens is 1. The van der Waals surface area contributed by atoms with Gasteiger partial charge in [-0.15, -0.1) is 0 Å². The largest absolute Gasteiger partial charge is 0.497 e. The first-order chi connectivity index (χ1) is 9.29. The second-order valence-electron chi connectivity index (χ2n) is 4.24. The summed E-state index contributed by atoms with van der Waals surface area (Å²) in [6.07, 6.45) is 0.914. The normalized spacial score (nSPS) is 10.4. The summed E-state index contributed by atoms with van der Waals surface area (Å²) < 4.78 is 12.0. The molecule has 0 saturated carbocycles. The van der Waals surface area contributed by atoms with Gasteiger partial charge in [0.1, 0.15) is 5.75 Å². The lowest BCUT2D eigenvalue weighted by molar-refractivity contribution is 0.123. The molecule has 0 aliphatic rings. The lowest BCUT2D eigenvalue weighted by Crippen LogP contribution is -1.99. The molecule has 0 fully saturated rings. The zero-order valence-corrected chi connectivity index (χ0v) is 12.5.